The maximum absolute atomic E-state index is 12.5. The minimum absolute atomic E-state index is 0.00624. The van der Waals surface area contributed by atoms with Gasteiger partial charge in [0, 0.05) is 17.4 Å². The molecule has 2 rings (SSSR count). The van der Waals surface area contributed by atoms with Crippen molar-refractivity contribution in [3.63, 3.8) is 0 Å². The van der Waals surface area contributed by atoms with Crippen LogP contribution in [0.15, 0.2) is 52.5 Å². The molecular weight excluding hydrogens is 331 g/mol. The van der Waals surface area contributed by atoms with Gasteiger partial charge in [0.25, 0.3) is 0 Å². The van der Waals surface area contributed by atoms with E-state index in [9.17, 15) is 8.42 Å². The van der Waals surface area contributed by atoms with Crippen molar-refractivity contribution in [2.45, 2.75) is 4.90 Å². The van der Waals surface area contributed by atoms with Crippen molar-refractivity contribution in [2.75, 3.05) is 0 Å². The monoisotopic (exact) mass is 338 g/mol. The van der Waals surface area contributed by atoms with Gasteiger partial charge in [0.2, 0.25) is 9.84 Å². The zero-order chi connectivity index (χ0) is 15.5. The summed E-state index contributed by atoms with van der Waals surface area (Å²) < 4.78 is 25.0. The third-order valence-electron chi connectivity index (χ3n) is 2.56. The lowest BCUT2D eigenvalue weighted by atomic mass is 10.3. The molecular formula is C14H8Cl2N2O2S. The Hall–Kier alpha value is -1.87. The highest BCUT2D eigenvalue weighted by Gasteiger charge is 2.24. The minimum Gasteiger partial charge on any atom is -0.264 e. The summed E-state index contributed by atoms with van der Waals surface area (Å²) in [6.07, 6.45) is 4.23. The number of hydrogen-bond acceptors (Lipinski definition) is 4. The summed E-state index contributed by atoms with van der Waals surface area (Å²) in [7, 11) is -4.05. The molecule has 1 aromatic heterocycles. The van der Waals surface area contributed by atoms with Gasteiger partial charge in [0.15, 0.2) is 0 Å². The summed E-state index contributed by atoms with van der Waals surface area (Å²) >= 11 is 11.7. The first-order chi connectivity index (χ1) is 9.95. The van der Waals surface area contributed by atoms with Crippen molar-refractivity contribution in [1.82, 2.24) is 4.98 Å². The molecule has 4 nitrogen and oxygen atoms in total. The number of benzene rings is 1. The molecule has 21 heavy (non-hydrogen) atoms. The summed E-state index contributed by atoms with van der Waals surface area (Å²) in [6, 6.07) is 9.02. The SMILES string of the molecule is N#CC(=Cc1cccnc1)S(=O)(=O)c1cc(Cl)ccc1Cl. The quantitative estimate of drug-likeness (QED) is 0.799. The molecule has 0 aliphatic rings. The molecule has 0 saturated heterocycles. The number of allylic oxidation sites excluding steroid dienone is 1. The van der Waals surface area contributed by atoms with Crippen LogP contribution in [-0.2, 0) is 9.84 Å². The molecule has 1 heterocycles. The maximum Gasteiger partial charge on any atom is 0.218 e. The van der Waals surface area contributed by atoms with Gasteiger partial charge in [-0.3, -0.25) is 4.98 Å². The number of halogens is 2. The van der Waals surface area contributed by atoms with Crippen LogP contribution in [0.3, 0.4) is 0 Å². The van der Waals surface area contributed by atoms with Gasteiger partial charge >= 0.3 is 0 Å². The lowest BCUT2D eigenvalue weighted by Gasteiger charge is -2.06. The first-order valence-electron chi connectivity index (χ1n) is 5.67. The molecule has 0 saturated carbocycles. The topological polar surface area (TPSA) is 70.8 Å². The molecule has 0 aliphatic heterocycles. The number of aromatic nitrogens is 1. The zero-order valence-electron chi connectivity index (χ0n) is 10.5. The predicted octanol–water partition coefficient (Wildman–Crippen LogP) is 3.73. The Balaban J connectivity index is 2.59. The fourth-order valence-electron chi connectivity index (χ4n) is 1.58. The fraction of sp³-hybridized carbons (Fsp3) is 0. The summed E-state index contributed by atoms with van der Waals surface area (Å²) in [5.74, 6) is 0. The molecule has 0 spiro atoms. The third-order valence-corrected chi connectivity index (χ3v) is 4.95. The van der Waals surface area contributed by atoms with Gasteiger partial charge in [0.1, 0.15) is 11.0 Å². The van der Waals surface area contributed by atoms with Crippen molar-refractivity contribution in [3.8, 4) is 6.07 Å². The Kier molecular flexibility index (Phi) is 4.63. The molecule has 7 heteroatoms. The summed E-state index contributed by atoms with van der Waals surface area (Å²) in [6.45, 7) is 0. The Morgan fingerprint density at radius 2 is 2.05 bits per heavy atom. The lowest BCUT2D eigenvalue weighted by Crippen LogP contribution is -2.04. The van der Waals surface area contributed by atoms with E-state index in [4.69, 9.17) is 28.5 Å². The zero-order valence-corrected chi connectivity index (χ0v) is 12.8. The molecule has 2 aromatic rings. The second-order valence-corrected chi connectivity index (χ2v) is 6.72. The van der Waals surface area contributed by atoms with Crippen LogP contribution in [0.25, 0.3) is 6.08 Å². The lowest BCUT2D eigenvalue weighted by molar-refractivity contribution is 0.603. The number of nitriles is 1. The molecule has 1 aromatic carbocycles. The molecule has 0 bridgehead atoms. The van der Waals surface area contributed by atoms with Crippen LogP contribution in [0.1, 0.15) is 5.56 Å². The highest BCUT2D eigenvalue weighted by Crippen LogP contribution is 2.30. The molecule has 0 radical (unpaired) electrons. The van der Waals surface area contributed by atoms with Gasteiger partial charge in [0.05, 0.1) is 9.92 Å². The fourth-order valence-corrected chi connectivity index (χ4v) is 3.50. The van der Waals surface area contributed by atoms with Crippen LogP contribution < -0.4 is 0 Å². The van der Waals surface area contributed by atoms with Crippen molar-refractivity contribution in [3.05, 3.63) is 63.2 Å². The Morgan fingerprint density at radius 1 is 1.29 bits per heavy atom. The Bertz CT molecular complexity index is 841. The van der Waals surface area contributed by atoms with E-state index in [1.165, 1.54) is 30.5 Å². The molecule has 0 amide bonds. The number of nitrogens with zero attached hydrogens (tertiary/aromatic N) is 2. The summed E-state index contributed by atoms with van der Waals surface area (Å²) in [4.78, 5) is 3.23. The van der Waals surface area contributed by atoms with Gasteiger partial charge in [-0.05, 0) is 35.9 Å². The molecule has 0 N–H and O–H groups in total. The van der Waals surface area contributed by atoms with Gasteiger partial charge in [-0.25, -0.2) is 8.42 Å². The molecule has 0 fully saturated rings. The van der Waals surface area contributed by atoms with E-state index >= 15 is 0 Å². The first kappa shape index (κ1) is 15.5. The van der Waals surface area contributed by atoms with Gasteiger partial charge in [-0.1, -0.05) is 29.3 Å². The van der Waals surface area contributed by atoms with E-state index < -0.39 is 14.7 Å². The van der Waals surface area contributed by atoms with E-state index in [1.54, 1.807) is 24.4 Å². The first-order valence-corrected chi connectivity index (χ1v) is 7.91. The highest BCUT2D eigenvalue weighted by atomic mass is 35.5. The van der Waals surface area contributed by atoms with Crippen molar-refractivity contribution in [2.24, 2.45) is 0 Å². The smallest absolute Gasteiger partial charge is 0.218 e. The average molecular weight is 339 g/mol. The van der Waals surface area contributed by atoms with Crippen LogP contribution in [0.5, 0.6) is 0 Å². The largest absolute Gasteiger partial charge is 0.264 e. The summed E-state index contributed by atoms with van der Waals surface area (Å²) in [5, 5.41) is 9.38. The minimum atomic E-state index is -4.05. The summed E-state index contributed by atoms with van der Waals surface area (Å²) in [5.41, 5.74) is 0.496. The molecule has 106 valence electrons. The van der Waals surface area contributed by atoms with E-state index in [0.29, 0.717) is 5.56 Å². The van der Waals surface area contributed by atoms with Crippen LogP contribution in [0.4, 0.5) is 0 Å². The Morgan fingerprint density at radius 3 is 2.67 bits per heavy atom. The second-order valence-electron chi connectivity index (χ2n) is 3.98. The standard InChI is InChI=1S/C14H8Cl2N2O2S/c15-11-3-4-13(16)14(7-11)21(19,20)12(8-17)6-10-2-1-5-18-9-10/h1-7,9H. The van der Waals surface area contributed by atoms with E-state index in [1.807, 2.05) is 0 Å². The number of rotatable bonds is 3. The van der Waals surface area contributed by atoms with E-state index in [-0.39, 0.29) is 14.9 Å². The maximum atomic E-state index is 12.5. The predicted molar refractivity (Wildman–Crippen MR) is 81.5 cm³/mol. The van der Waals surface area contributed by atoms with Crippen molar-refractivity contribution < 1.29 is 8.42 Å². The molecule has 0 atom stereocenters. The number of hydrogen-bond donors (Lipinski definition) is 0. The van der Waals surface area contributed by atoms with Gasteiger partial charge in [-0.15, -0.1) is 0 Å². The number of sulfone groups is 1. The third kappa shape index (κ3) is 3.42. The van der Waals surface area contributed by atoms with Crippen LogP contribution in [0, 0.1) is 11.3 Å². The average Bonchev–Trinajstić information content (AvgIpc) is 2.48. The van der Waals surface area contributed by atoms with Crippen LogP contribution >= 0.6 is 23.2 Å². The van der Waals surface area contributed by atoms with E-state index in [2.05, 4.69) is 4.98 Å². The van der Waals surface area contributed by atoms with Gasteiger partial charge in [-0.2, -0.15) is 5.26 Å². The van der Waals surface area contributed by atoms with E-state index in [0.717, 1.165) is 0 Å². The van der Waals surface area contributed by atoms with Crippen LogP contribution in [0.2, 0.25) is 10.0 Å². The second kappa shape index (κ2) is 6.27. The molecule has 0 unspecified atom stereocenters. The Labute approximate surface area is 132 Å². The normalized spacial score (nSPS) is 12.0. The van der Waals surface area contributed by atoms with Crippen molar-refractivity contribution >= 4 is 39.1 Å². The highest BCUT2D eigenvalue weighted by molar-refractivity contribution is 7.95. The molecule has 0 aliphatic carbocycles. The van der Waals surface area contributed by atoms with Crippen LogP contribution in [-0.4, -0.2) is 13.4 Å². The number of pyridine rings is 1. The van der Waals surface area contributed by atoms with Gasteiger partial charge < -0.3 is 0 Å². The van der Waals surface area contributed by atoms with Crippen molar-refractivity contribution in [1.29, 1.82) is 5.26 Å².